The normalized spacial score (nSPS) is 13.4. The molecule has 50 heavy (non-hydrogen) atoms. The monoisotopic (exact) mass is 652 g/mol. The summed E-state index contributed by atoms with van der Waals surface area (Å²) in [6.07, 6.45) is 19.3. The van der Waals surface area contributed by atoms with Crippen molar-refractivity contribution in [2.75, 3.05) is 13.1 Å². The van der Waals surface area contributed by atoms with Crippen molar-refractivity contribution in [2.24, 2.45) is 0 Å². The molecule has 1 aromatic heterocycles. The van der Waals surface area contributed by atoms with Crippen molar-refractivity contribution >= 4 is 11.3 Å². The highest BCUT2D eigenvalue weighted by Gasteiger charge is 2.28. The van der Waals surface area contributed by atoms with Gasteiger partial charge in [-0.15, -0.1) is 6.42 Å². The molecule has 0 fully saturated rings. The van der Waals surface area contributed by atoms with Gasteiger partial charge in [0.05, 0.1) is 12.4 Å². The molecule has 4 aromatic carbocycles. The molecule has 1 aliphatic carbocycles. The number of nitrogens with zero attached hydrogens (tertiary/aromatic N) is 2. The maximum Gasteiger partial charge on any atom is 0.0935 e. The van der Waals surface area contributed by atoms with E-state index >= 15 is 0 Å². The van der Waals surface area contributed by atoms with Crippen molar-refractivity contribution in [1.29, 1.82) is 0 Å². The minimum absolute atomic E-state index is 0.166. The maximum absolute atomic E-state index is 5.95. The van der Waals surface area contributed by atoms with E-state index in [2.05, 4.69) is 130 Å². The number of terminal acetylenes is 1. The Morgan fingerprint density at radius 2 is 1.58 bits per heavy atom. The second-order valence-corrected chi connectivity index (χ2v) is 12.6. The van der Waals surface area contributed by atoms with E-state index in [-0.39, 0.29) is 12.0 Å². The summed E-state index contributed by atoms with van der Waals surface area (Å²) in [5.41, 5.74) is 11.3. The third kappa shape index (κ3) is 7.97. The fraction of sp³-hybridized carbons (Fsp3) is 0.152. The van der Waals surface area contributed by atoms with Crippen LogP contribution in [0.3, 0.4) is 0 Å². The molecule has 0 amide bonds. The molecule has 0 saturated heterocycles. The lowest BCUT2D eigenvalue weighted by atomic mass is 9.87. The minimum Gasteiger partial charge on any atom is -0.386 e. The zero-order valence-electron chi connectivity index (χ0n) is 28.6. The highest BCUT2D eigenvalue weighted by Crippen LogP contribution is 2.38. The van der Waals surface area contributed by atoms with Crippen molar-refractivity contribution in [3.05, 3.63) is 210 Å². The summed E-state index contributed by atoms with van der Waals surface area (Å²) in [4.78, 5) is 9.92. The third-order valence-electron chi connectivity index (χ3n) is 9.38. The molecule has 0 radical (unpaired) electrons. The molecule has 2 unspecified atom stereocenters. The van der Waals surface area contributed by atoms with E-state index in [4.69, 9.17) is 19.6 Å². The number of aromatic amines is 1. The van der Waals surface area contributed by atoms with Gasteiger partial charge in [-0.25, -0.2) is 4.98 Å². The Morgan fingerprint density at radius 1 is 0.860 bits per heavy atom. The first-order chi connectivity index (χ1) is 24.5. The highest BCUT2D eigenvalue weighted by atomic mass is 15.2. The Balaban J connectivity index is 1.40. The molecule has 1 aliphatic rings. The number of imidazole rings is 1. The molecule has 2 N–H and O–H groups in total. The van der Waals surface area contributed by atoms with Gasteiger partial charge >= 0.3 is 0 Å². The summed E-state index contributed by atoms with van der Waals surface area (Å²) >= 11 is 0. The van der Waals surface area contributed by atoms with E-state index in [1.54, 1.807) is 6.33 Å². The number of allylic oxidation sites excluding steroid dienone is 3. The molecule has 1 heterocycles. The molecular formula is C46H44N4. The zero-order valence-corrected chi connectivity index (χ0v) is 28.6. The summed E-state index contributed by atoms with van der Waals surface area (Å²) in [6, 6.07) is 37.3. The first-order valence-corrected chi connectivity index (χ1v) is 17.2. The molecule has 6 rings (SSSR count). The lowest BCUT2D eigenvalue weighted by Gasteiger charge is -2.38. The molecule has 5 aromatic rings. The first kappa shape index (κ1) is 33.8. The Kier molecular flexibility index (Phi) is 11.1. The summed E-state index contributed by atoms with van der Waals surface area (Å²) in [5.74, 6) is 3.01. The van der Waals surface area contributed by atoms with Crippen LogP contribution in [0.1, 0.15) is 63.9 Å². The van der Waals surface area contributed by atoms with Gasteiger partial charge in [0.15, 0.2) is 0 Å². The molecule has 0 saturated carbocycles. The number of nitrogens with one attached hydrogen (secondary N) is 2. The van der Waals surface area contributed by atoms with Crippen LogP contribution in [0.4, 0.5) is 0 Å². The number of aromatic nitrogens is 2. The van der Waals surface area contributed by atoms with E-state index in [1.165, 1.54) is 11.1 Å². The van der Waals surface area contributed by atoms with Crippen LogP contribution in [0.15, 0.2) is 171 Å². The number of hydrogen-bond acceptors (Lipinski definition) is 3. The third-order valence-corrected chi connectivity index (χ3v) is 9.38. The zero-order chi connectivity index (χ0) is 34.7. The maximum atomic E-state index is 5.95. The molecule has 2 atom stereocenters. The van der Waals surface area contributed by atoms with Gasteiger partial charge in [-0.1, -0.05) is 141 Å². The fourth-order valence-electron chi connectivity index (χ4n) is 6.73. The number of benzene rings is 4. The summed E-state index contributed by atoms with van der Waals surface area (Å²) < 4.78 is 0. The van der Waals surface area contributed by atoms with Crippen molar-refractivity contribution in [3.63, 3.8) is 0 Å². The predicted octanol–water partition coefficient (Wildman–Crippen LogP) is 9.87. The number of hydrogen-bond donors (Lipinski definition) is 2. The van der Waals surface area contributed by atoms with Crippen LogP contribution in [0.5, 0.6) is 0 Å². The first-order valence-electron chi connectivity index (χ1n) is 17.2. The molecule has 0 spiro atoms. The summed E-state index contributed by atoms with van der Waals surface area (Å²) in [5, 5.41) is 3.82. The van der Waals surface area contributed by atoms with Crippen LogP contribution in [0.25, 0.3) is 11.3 Å². The van der Waals surface area contributed by atoms with Crippen molar-refractivity contribution in [2.45, 2.75) is 31.2 Å². The highest BCUT2D eigenvalue weighted by molar-refractivity contribution is 5.85. The Labute approximate surface area is 297 Å². The number of H-pyrrole nitrogens is 1. The van der Waals surface area contributed by atoms with Gasteiger partial charge in [0.1, 0.15) is 0 Å². The van der Waals surface area contributed by atoms with E-state index in [0.717, 1.165) is 69.7 Å². The predicted molar refractivity (Wildman–Crippen MR) is 209 cm³/mol. The van der Waals surface area contributed by atoms with Crippen molar-refractivity contribution < 1.29 is 0 Å². The van der Waals surface area contributed by atoms with E-state index < -0.39 is 0 Å². The molecule has 0 aliphatic heterocycles. The molecular weight excluding hydrogens is 609 g/mol. The lowest BCUT2D eigenvalue weighted by Crippen LogP contribution is -2.36. The van der Waals surface area contributed by atoms with Crippen molar-refractivity contribution in [1.82, 2.24) is 20.2 Å². The van der Waals surface area contributed by atoms with Crippen LogP contribution >= 0.6 is 0 Å². The Bertz CT molecular complexity index is 2030. The quantitative estimate of drug-likeness (QED) is 0.111. The Hall–Kier alpha value is -6.05. The van der Waals surface area contributed by atoms with Gasteiger partial charge in [-0.2, -0.15) is 0 Å². The average Bonchev–Trinajstić information content (AvgIpc) is 3.71. The van der Waals surface area contributed by atoms with Crippen LogP contribution in [0, 0.1) is 12.3 Å². The van der Waals surface area contributed by atoms with E-state index in [9.17, 15) is 0 Å². The summed E-state index contributed by atoms with van der Waals surface area (Å²) in [6.45, 7) is 15.4. The SMILES string of the molecule is C#Cc1cccc(C(C(=C)NCC(C2=CCCC=C2)c2ccccc2)N(CCc2cnc[nH]2)C(=C)c2ccccc2C(=C)c2ccccc2)c1. The lowest BCUT2D eigenvalue weighted by molar-refractivity contribution is 0.324. The molecule has 4 heteroatoms. The van der Waals surface area contributed by atoms with Crippen LogP contribution in [-0.2, 0) is 6.42 Å². The van der Waals surface area contributed by atoms with Gasteiger partial charge in [-0.05, 0) is 58.4 Å². The van der Waals surface area contributed by atoms with Gasteiger partial charge in [-0.3, -0.25) is 0 Å². The standard InChI is InChI=1S/C46H44N4/c1-5-37-18-17-25-41(30-37)46(35(3)48-32-45(39-21-11-7-12-22-39)40-23-13-8-14-24-40)50(29-28-42-31-47-33-49-42)36(4)44-27-16-15-26-43(44)34(2)38-19-9-6-10-20-38/h1,6-7,9-13,15-27,30-31,33,45-46,48H,2-4,8,14,28-29,32H2,(H,47,49). The van der Waals surface area contributed by atoms with Crippen LogP contribution < -0.4 is 5.32 Å². The summed E-state index contributed by atoms with van der Waals surface area (Å²) in [7, 11) is 0. The Morgan fingerprint density at radius 3 is 2.28 bits per heavy atom. The average molecular weight is 653 g/mol. The number of rotatable bonds is 15. The largest absolute Gasteiger partial charge is 0.386 e. The molecule has 4 nitrogen and oxygen atoms in total. The second-order valence-electron chi connectivity index (χ2n) is 12.6. The smallest absolute Gasteiger partial charge is 0.0935 e. The van der Waals surface area contributed by atoms with Gasteiger partial charge in [0, 0.05) is 59.8 Å². The molecule has 0 bridgehead atoms. The van der Waals surface area contributed by atoms with Crippen LogP contribution in [0.2, 0.25) is 0 Å². The topological polar surface area (TPSA) is 44.0 Å². The van der Waals surface area contributed by atoms with E-state index in [1.807, 2.05) is 36.5 Å². The van der Waals surface area contributed by atoms with Gasteiger partial charge in [0.2, 0.25) is 0 Å². The van der Waals surface area contributed by atoms with Gasteiger partial charge in [0.25, 0.3) is 0 Å². The van der Waals surface area contributed by atoms with Gasteiger partial charge < -0.3 is 15.2 Å². The minimum atomic E-state index is -0.288. The fourth-order valence-corrected chi connectivity index (χ4v) is 6.73. The van der Waals surface area contributed by atoms with Crippen LogP contribution in [-0.4, -0.2) is 28.0 Å². The molecule has 248 valence electrons. The second kappa shape index (κ2) is 16.4. The van der Waals surface area contributed by atoms with E-state index in [0.29, 0.717) is 13.1 Å². The van der Waals surface area contributed by atoms with Crippen molar-refractivity contribution in [3.8, 4) is 12.3 Å².